The third-order valence-corrected chi connectivity index (χ3v) is 4.69. The zero-order chi connectivity index (χ0) is 18.3. The summed E-state index contributed by atoms with van der Waals surface area (Å²) in [4.78, 5) is 29.6. The molecule has 1 aliphatic carbocycles. The van der Waals surface area contributed by atoms with E-state index in [-0.39, 0.29) is 21.8 Å². The second-order valence-electron chi connectivity index (χ2n) is 6.37. The molecule has 26 heavy (non-hydrogen) atoms. The molecule has 1 atom stereocenters. The first-order valence-corrected chi connectivity index (χ1v) is 8.68. The van der Waals surface area contributed by atoms with Gasteiger partial charge in [-0.2, -0.15) is 0 Å². The molecule has 130 valence electrons. The molecular weight excluding hydrogens is 355 g/mol. The molecule has 1 aromatic heterocycles. The number of carbonyl (C=O) groups is 2. The van der Waals surface area contributed by atoms with Gasteiger partial charge in [-0.25, -0.2) is 4.39 Å². The van der Waals surface area contributed by atoms with Crippen LogP contribution in [0.15, 0.2) is 36.5 Å². The van der Waals surface area contributed by atoms with Crippen molar-refractivity contribution in [2.24, 2.45) is 5.92 Å². The first-order valence-electron chi connectivity index (χ1n) is 8.31. The van der Waals surface area contributed by atoms with Crippen molar-refractivity contribution in [3.8, 4) is 11.8 Å². The van der Waals surface area contributed by atoms with Gasteiger partial charge < -0.3 is 0 Å². The summed E-state index contributed by atoms with van der Waals surface area (Å²) >= 11 is 6.14. The van der Waals surface area contributed by atoms with E-state index in [1.165, 1.54) is 6.20 Å². The molecule has 1 aromatic carbocycles. The Hall–Kier alpha value is -2.71. The average molecular weight is 369 g/mol. The first-order chi connectivity index (χ1) is 12.5. The topological polar surface area (TPSA) is 50.3 Å². The highest BCUT2D eigenvalue weighted by atomic mass is 35.5. The lowest BCUT2D eigenvalue weighted by Gasteiger charge is -2.17. The van der Waals surface area contributed by atoms with Gasteiger partial charge in [0.2, 0.25) is 0 Å². The maximum absolute atomic E-state index is 14.7. The van der Waals surface area contributed by atoms with Crippen LogP contribution in [0.25, 0.3) is 0 Å². The highest BCUT2D eigenvalue weighted by Crippen LogP contribution is 2.30. The molecule has 2 heterocycles. The lowest BCUT2D eigenvalue weighted by Crippen LogP contribution is -2.33. The number of alkyl halides is 1. The maximum atomic E-state index is 14.7. The molecule has 4 nitrogen and oxygen atoms in total. The largest absolute Gasteiger partial charge is 0.271 e. The number of benzene rings is 1. The van der Waals surface area contributed by atoms with E-state index in [0.29, 0.717) is 11.5 Å². The minimum absolute atomic E-state index is 0.000180. The van der Waals surface area contributed by atoms with Crippen LogP contribution in [0.1, 0.15) is 51.0 Å². The minimum Gasteiger partial charge on any atom is -0.271 e. The number of hydrogen-bond donors (Lipinski definition) is 0. The normalized spacial score (nSPS) is 16.9. The van der Waals surface area contributed by atoms with Gasteiger partial charge in [0.25, 0.3) is 11.8 Å². The summed E-state index contributed by atoms with van der Waals surface area (Å²) in [6.45, 7) is -0.424. The quantitative estimate of drug-likeness (QED) is 0.611. The van der Waals surface area contributed by atoms with Crippen LogP contribution in [0.3, 0.4) is 0 Å². The summed E-state index contributed by atoms with van der Waals surface area (Å²) in [7, 11) is 0. The second-order valence-corrected chi connectivity index (χ2v) is 6.78. The number of rotatable bonds is 3. The molecule has 0 radical (unpaired) electrons. The molecule has 0 saturated heterocycles. The van der Waals surface area contributed by atoms with Crippen molar-refractivity contribution in [1.82, 2.24) is 9.88 Å². The monoisotopic (exact) mass is 368 g/mol. The first kappa shape index (κ1) is 16.7. The van der Waals surface area contributed by atoms with E-state index >= 15 is 0 Å². The van der Waals surface area contributed by atoms with Crippen molar-refractivity contribution in [3.63, 3.8) is 0 Å². The van der Waals surface area contributed by atoms with Crippen LogP contribution in [-0.2, 0) is 0 Å². The molecule has 4 rings (SSSR count). The molecule has 0 bridgehead atoms. The molecule has 1 aliphatic heterocycles. The number of fused-ring (bicyclic) bond motifs is 1. The Morgan fingerprint density at radius 1 is 1.23 bits per heavy atom. The number of imide groups is 1. The maximum Gasteiger partial charge on any atom is 0.261 e. The predicted molar refractivity (Wildman–Crippen MR) is 94.5 cm³/mol. The smallest absolute Gasteiger partial charge is 0.261 e. The van der Waals surface area contributed by atoms with Crippen molar-refractivity contribution in [3.05, 3.63) is 63.9 Å². The van der Waals surface area contributed by atoms with Gasteiger partial charge in [0.05, 0.1) is 28.4 Å². The van der Waals surface area contributed by atoms with Gasteiger partial charge in [-0.15, -0.1) is 0 Å². The van der Waals surface area contributed by atoms with Gasteiger partial charge in [0.1, 0.15) is 0 Å². The van der Waals surface area contributed by atoms with Gasteiger partial charge in [-0.05, 0) is 31.0 Å². The van der Waals surface area contributed by atoms with Crippen LogP contribution in [0.2, 0.25) is 5.02 Å². The van der Waals surface area contributed by atoms with E-state index in [1.54, 1.807) is 30.3 Å². The highest BCUT2D eigenvalue weighted by Gasteiger charge is 2.37. The van der Waals surface area contributed by atoms with Crippen LogP contribution in [-0.4, -0.2) is 28.2 Å². The molecule has 2 aromatic rings. The van der Waals surface area contributed by atoms with Crippen LogP contribution in [0.4, 0.5) is 4.39 Å². The number of amides is 2. The summed E-state index contributed by atoms with van der Waals surface area (Å²) < 4.78 is 14.7. The van der Waals surface area contributed by atoms with E-state index in [9.17, 15) is 14.0 Å². The van der Waals surface area contributed by atoms with Crippen LogP contribution in [0, 0.1) is 17.8 Å². The molecule has 1 saturated carbocycles. The third-order valence-electron chi connectivity index (χ3n) is 4.39. The van der Waals surface area contributed by atoms with E-state index in [1.807, 2.05) is 0 Å². The van der Waals surface area contributed by atoms with Crippen molar-refractivity contribution in [1.29, 1.82) is 0 Å². The van der Waals surface area contributed by atoms with Gasteiger partial charge in [0, 0.05) is 17.7 Å². The fraction of sp³-hybridized carbons (Fsp3) is 0.250. The Morgan fingerprint density at radius 3 is 2.46 bits per heavy atom. The molecule has 2 amide bonds. The number of aromatic nitrogens is 1. The van der Waals surface area contributed by atoms with Gasteiger partial charge in [0.15, 0.2) is 6.17 Å². The number of pyridine rings is 1. The lowest BCUT2D eigenvalue weighted by molar-refractivity contribution is 0.0610. The van der Waals surface area contributed by atoms with Crippen LogP contribution in [0.5, 0.6) is 0 Å². The van der Waals surface area contributed by atoms with Gasteiger partial charge >= 0.3 is 0 Å². The molecule has 0 N–H and O–H groups in total. The zero-order valence-corrected chi connectivity index (χ0v) is 14.5. The minimum atomic E-state index is -1.67. The standard InChI is InChI=1S/C20H14ClFN2O2/c21-16-9-13(8-7-12-5-6-12)10-23-18(16)17(22)11-24-19(25)14-3-1-2-4-15(14)20(24)26/h1-4,9-10,12,17H,5-6,11H2. The SMILES string of the molecule is O=C1c2ccccc2C(=O)N1CC(F)c1ncc(C#CC2CC2)cc1Cl. The van der Waals surface area contributed by atoms with E-state index in [0.717, 1.165) is 17.7 Å². The molecule has 1 unspecified atom stereocenters. The molecule has 0 spiro atoms. The Bertz CT molecular complexity index is 940. The van der Waals surface area contributed by atoms with E-state index in [4.69, 9.17) is 11.6 Å². The van der Waals surface area contributed by atoms with Gasteiger partial charge in [-0.1, -0.05) is 35.6 Å². The number of carbonyl (C=O) groups excluding carboxylic acids is 2. The summed E-state index contributed by atoms with van der Waals surface area (Å²) in [5.41, 5.74) is 1.20. The summed E-state index contributed by atoms with van der Waals surface area (Å²) in [5, 5.41) is 0.136. The Balaban J connectivity index is 1.52. The Kier molecular flexibility index (Phi) is 4.21. The van der Waals surface area contributed by atoms with Gasteiger partial charge in [-0.3, -0.25) is 19.5 Å². The molecule has 6 heteroatoms. The molecule has 1 fully saturated rings. The van der Waals surface area contributed by atoms with Crippen molar-refractivity contribution in [2.45, 2.75) is 19.0 Å². The predicted octanol–water partition coefficient (Wildman–Crippen LogP) is 3.80. The van der Waals surface area contributed by atoms with Crippen LogP contribution < -0.4 is 0 Å². The fourth-order valence-electron chi connectivity index (χ4n) is 2.81. The molecule has 2 aliphatic rings. The number of halogens is 2. The van der Waals surface area contributed by atoms with Crippen molar-refractivity contribution >= 4 is 23.4 Å². The number of nitrogens with zero attached hydrogens (tertiary/aromatic N) is 2. The summed E-state index contributed by atoms with van der Waals surface area (Å²) in [6, 6.07) is 8.01. The van der Waals surface area contributed by atoms with Crippen LogP contribution >= 0.6 is 11.6 Å². The van der Waals surface area contributed by atoms with Crippen molar-refractivity contribution < 1.29 is 14.0 Å². The Labute approximate surface area is 155 Å². The average Bonchev–Trinajstić information content (AvgIpc) is 3.44. The Morgan fingerprint density at radius 2 is 1.88 bits per heavy atom. The van der Waals surface area contributed by atoms with Crippen molar-refractivity contribution in [2.75, 3.05) is 6.54 Å². The fourth-order valence-corrected chi connectivity index (χ4v) is 3.10. The highest BCUT2D eigenvalue weighted by molar-refractivity contribution is 6.31. The second kappa shape index (κ2) is 6.54. The third kappa shape index (κ3) is 3.09. The summed E-state index contributed by atoms with van der Waals surface area (Å²) in [5.74, 6) is 5.50. The summed E-state index contributed by atoms with van der Waals surface area (Å²) in [6.07, 6.45) is 2.01. The van der Waals surface area contributed by atoms with E-state index in [2.05, 4.69) is 16.8 Å². The van der Waals surface area contributed by atoms with E-state index < -0.39 is 24.5 Å². The zero-order valence-electron chi connectivity index (χ0n) is 13.7. The number of hydrogen-bond acceptors (Lipinski definition) is 3. The lowest BCUT2D eigenvalue weighted by atomic mass is 10.1. The molecular formula is C20H14ClFN2O2.